The highest BCUT2D eigenvalue weighted by Gasteiger charge is 2.19. The van der Waals surface area contributed by atoms with Crippen molar-refractivity contribution >= 4 is 23.4 Å². The number of hydrogen-bond donors (Lipinski definition) is 1. The summed E-state index contributed by atoms with van der Waals surface area (Å²) in [5.74, 6) is 2.97. The van der Waals surface area contributed by atoms with Gasteiger partial charge in [-0.2, -0.15) is 4.98 Å². The monoisotopic (exact) mass is 508 g/mol. The van der Waals surface area contributed by atoms with Crippen molar-refractivity contribution in [1.29, 1.82) is 0 Å². The van der Waals surface area contributed by atoms with Crippen LogP contribution in [0.5, 0.6) is 5.75 Å². The number of benzene rings is 2. The first kappa shape index (κ1) is 25.4. The van der Waals surface area contributed by atoms with Crippen molar-refractivity contribution in [3.8, 4) is 5.75 Å². The zero-order valence-corrected chi connectivity index (χ0v) is 21.8. The molecule has 5 rings (SSSR count). The van der Waals surface area contributed by atoms with Crippen molar-refractivity contribution in [1.82, 2.24) is 19.9 Å². The van der Waals surface area contributed by atoms with Crippen molar-refractivity contribution in [3.05, 3.63) is 101 Å². The molecule has 8 nitrogen and oxygen atoms in total. The molecule has 0 radical (unpaired) electrons. The number of Topliss-reactive ketones (excluding diaryl/α,β-unsaturated/α-hetero) is 1. The maximum Gasteiger partial charge on any atom is 0.227 e. The van der Waals surface area contributed by atoms with E-state index in [-0.39, 0.29) is 5.78 Å². The molecule has 38 heavy (non-hydrogen) atoms. The first-order valence-corrected chi connectivity index (χ1v) is 12.8. The maximum absolute atomic E-state index is 12.7. The normalized spacial score (nSPS) is 13.8. The molecule has 0 unspecified atom stereocenters. The molecule has 0 spiro atoms. The third-order valence-corrected chi connectivity index (χ3v) is 6.76. The van der Waals surface area contributed by atoms with Gasteiger partial charge in [0.25, 0.3) is 0 Å². The van der Waals surface area contributed by atoms with Crippen LogP contribution in [0.4, 0.5) is 17.6 Å². The molecule has 0 saturated carbocycles. The van der Waals surface area contributed by atoms with Crippen molar-refractivity contribution < 1.29 is 9.53 Å². The van der Waals surface area contributed by atoms with Crippen LogP contribution >= 0.6 is 0 Å². The summed E-state index contributed by atoms with van der Waals surface area (Å²) in [7, 11) is 1.63. The molecule has 0 aliphatic carbocycles. The van der Waals surface area contributed by atoms with Crippen LogP contribution in [0.1, 0.15) is 27.0 Å². The summed E-state index contributed by atoms with van der Waals surface area (Å²) in [6, 6.07) is 21.7. The molecular weight excluding hydrogens is 476 g/mol. The number of anilines is 3. The van der Waals surface area contributed by atoms with Gasteiger partial charge in [-0.1, -0.05) is 48.5 Å². The van der Waals surface area contributed by atoms with Gasteiger partial charge in [0.2, 0.25) is 5.95 Å². The lowest BCUT2D eigenvalue weighted by Gasteiger charge is -2.34. The van der Waals surface area contributed by atoms with E-state index >= 15 is 0 Å². The first-order valence-electron chi connectivity index (χ1n) is 12.8. The summed E-state index contributed by atoms with van der Waals surface area (Å²) >= 11 is 0. The molecular formula is C30H32N6O2. The Hall–Kier alpha value is -4.30. The Morgan fingerprint density at radius 2 is 1.63 bits per heavy atom. The standard InChI is InChI=1S/C30H32N6O2/c1-22-5-3-4-6-26(22)27(37)19-23-7-9-24(10-8-23)21-35-15-17-36(18-16-35)30-32-14-12-28(34-30)33-29-20-25(38-2)11-13-31-29/h3-14,20H,15-19,21H2,1-2H3,(H,31,32,33,34). The Morgan fingerprint density at radius 1 is 0.895 bits per heavy atom. The van der Waals surface area contributed by atoms with E-state index in [9.17, 15) is 4.79 Å². The minimum Gasteiger partial charge on any atom is -0.497 e. The second kappa shape index (κ2) is 11.8. The SMILES string of the molecule is COc1ccnc(Nc2ccnc(N3CCN(Cc4ccc(CC(=O)c5ccccc5C)cc4)CC3)n2)c1. The summed E-state index contributed by atoms with van der Waals surface area (Å²) < 4.78 is 5.27. The van der Waals surface area contributed by atoms with Crippen molar-refractivity contribution in [2.45, 2.75) is 19.9 Å². The zero-order chi connectivity index (χ0) is 26.3. The molecule has 0 bridgehead atoms. The van der Waals surface area contributed by atoms with Crippen LogP contribution in [0, 0.1) is 6.92 Å². The average molecular weight is 509 g/mol. The number of nitrogens with zero attached hydrogens (tertiary/aromatic N) is 5. The van der Waals surface area contributed by atoms with E-state index in [2.05, 4.69) is 49.4 Å². The lowest BCUT2D eigenvalue weighted by molar-refractivity contribution is 0.0992. The highest BCUT2D eigenvalue weighted by molar-refractivity contribution is 5.98. The lowest BCUT2D eigenvalue weighted by atomic mass is 9.98. The molecule has 1 N–H and O–H groups in total. The molecule has 1 aliphatic heterocycles. The largest absolute Gasteiger partial charge is 0.497 e. The van der Waals surface area contributed by atoms with E-state index < -0.39 is 0 Å². The highest BCUT2D eigenvalue weighted by atomic mass is 16.5. The second-order valence-electron chi connectivity index (χ2n) is 9.44. The number of aromatic nitrogens is 3. The molecule has 3 heterocycles. The number of pyridine rings is 1. The topological polar surface area (TPSA) is 83.5 Å². The number of carbonyl (C=O) groups excluding carboxylic acids is 1. The average Bonchev–Trinajstić information content (AvgIpc) is 2.95. The van der Waals surface area contributed by atoms with E-state index in [1.165, 1.54) is 5.56 Å². The highest BCUT2D eigenvalue weighted by Crippen LogP contribution is 2.20. The smallest absolute Gasteiger partial charge is 0.227 e. The fourth-order valence-electron chi connectivity index (χ4n) is 4.60. The molecule has 1 aliphatic rings. The van der Waals surface area contributed by atoms with Gasteiger partial charge in [-0.05, 0) is 35.7 Å². The minimum absolute atomic E-state index is 0.160. The number of aryl methyl sites for hydroxylation is 1. The second-order valence-corrected chi connectivity index (χ2v) is 9.44. The van der Waals surface area contributed by atoms with Gasteiger partial charge in [0, 0.05) is 63.2 Å². The summed E-state index contributed by atoms with van der Waals surface area (Å²) in [6.07, 6.45) is 3.88. The van der Waals surface area contributed by atoms with Crippen LogP contribution < -0.4 is 15.0 Å². The Kier molecular flexibility index (Phi) is 7.89. The Bertz CT molecular complexity index is 1380. The summed E-state index contributed by atoms with van der Waals surface area (Å²) in [5.41, 5.74) is 4.12. The fourth-order valence-corrected chi connectivity index (χ4v) is 4.60. The molecule has 0 amide bonds. The molecule has 0 atom stereocenters. The van der Waals surface area contributed by atoms with Gasteiger partial charge in [0.15, 0.2) is 5.78 Å². The van der Waals surface area contributed by atoms with Gasteiger partial charge in [-0.15, -0.1) is 0 Å². The van der Waals surface area contributed by atoms with Crippen molar-refractivity contribution in [2.75, 3.05) is 43.5 Å². The van der Waals surface area contributed by atoms with Crippen LogP contribution in [0.2, 0.25) is 0 Å². The number of rotatable bonds is 9. The summed E-state index contributed by atoms with van der Waals surface area (Å²) in [6.45, 7) is 6.41. The number of piperazine rings is 1. The van der Waals surface area contributed by atoms with E-state index in [4.69, 9.17) is 9.72 Å². The molecule has 1 saturated heterocycles. The summed E-state index contributed by atoms with van der Waals surface area (Å²) in [4.78, 5) is 30.8. The van der Waals surface area contributed by atoms with Gasteiger partial charge in [-0.25, -0.2) is 9.97 Å². The van der Waals surface area contributed by atoms with E-state index in [0.29, 0.717) is 24.0 Å². The van der Waals surface area contributed by atoms with Crippen LogP contribution in [-0.2, 0) is 13.0 Å². The van der Waals surface area contributed by atoms with Gasteiger partial charge < -0.3 is 15.0 Å². The Balaban J connectivity index is 1.13. The molecule has 1 fully saturated rings. The van der Waals surface area contributed by atoms with Crippen LogP contribution in [0.15, 0.2) is 79.1 Å². The fraction of sp³-hybridized carbons (Fsp3) is 0.267. The lowest BCUT2D eigenvalue weighted by Crippen LogP contribution is -2.46. The van der Waals surface area contributed by atoms with Gasteiger partial charge in [0.1, 0.15) is 17.4 Å². The van der Waals surface area contributed by atoms with Crippen LogP contribution in [-0.4, -0.2) is 58.9 Å². The van der Waals surface area contributed by atoms with Crippen molar-refractivity contribution in [2.24, 2.45) is 0 Å². The Labute approximate surface area is 223 Å². The number of carbonyl (C=O) groups is 1. The van der Waals surface area contributed by atoms with Gasteiger partial charge in [-0.3, -0.25) is 9.69 Å². The van der Waals surface area contributed by atoms with Crippen molar-refractivity contribution in [3.63, 3.8) is 0 Å². The predicted molar refractivity (Wildman–Crippen MR) is 149 cm³/mol. The predicted octanol–water partition coefficient (Wildman–Crippen LogP) is 4.68. The summed E-state index contributed by atoms with van der Waals surface area (Å²) in [5, 5.41) is 3.23. The molecule has 8 heteroatoms. The van der Waals surface area contributed by atoms with Crippen LogP contribution in [0.25, 0.3) is 0 Å². The molecule has 2 aromatic carbocycles. The van der Waals surface area contributed by atoms with E-state index in [1.54, 1.807) is 25.6 Å². The molecule has 2 aromatic heterocycles. The number of ketones is 1. The third kappa shape index (κ3) is 6.33. The number of methoxy groups -OCH3 is 1. The third-order valence-electron chi connectivity index (χ3n) is 6.76. The molecule has 194 valence electrons. The first-order chi connectivity index (χ1) is 18.6. The van der Waals surface area contributed by atoms with E-state index in [1.807, 2.05) is 43.3 Å². The zero-order valence-electron chi connectivity index (χ0n) is 21.8. The number of hydrogen-bond acceptors (Lipinski definition) is 8. The maximum atomic E-state index is 12.7. The quantitative estimate of drug-likeness (QED) is 0.326. The minimum atomic E-state index is 0.160. The molecule has 4 aromatic rings. The number of ether oxygens (including phenoxy) is 1. The van der Waals surface area contributed by atoms with Crippen LogP contribution in [0.3, 0.4) is 0 Å². The van der Waals surface area contributed by atoms with E-state index in [0.717, 1.165) is 55.2 Å². The number of nitrogens with one attached hydrogen (secondary N) is 1. The van der Waals surface area contributed by atoms with Gasteiger partial charge >= 0.3 is 0 Å². The Morgan fingerprint density at radius 3 is 2.39 bits per heavy atom. The van der Waals surface area contributed by atoms with Gasteiger partial charge in [0.05, 0.1) is 7.11 Å².